The Balaban J connectivity index is 1.67. The lowest BCUT2D eigenvalue weighted by molar-refractivity contribution is 0.150. The van der Waals surface area contributed by atoms with E-state index in [0.29, 0.717) is 0 Å². The van der Waals surface area contributed by atoms with E-state index in [4.69, 9.17) is 18.9 Å². The largest absolute Gasteiger partial charge is 0.381 e. The van der Waals surface area contributed by atoms with Gasteiger partial charge in [-0.1, -0.05) is 71.8 Å². The molecule has 0 aliphatic heterocycles. The SMILES string of the molecule is CCOCCc1c2cc(C)cc1Cc1cc3cc(c1CCOCC)Cc1cc(C)cc(c1CCOCC)Cc1cc(cc(c1CCOCC)C2)/C=C\3. The molecule has 52 heavy (non-hydrogen) atoms. The molecular formula is C48H60O4. The van der Waals surface area contributed by atoms with Gasteiger partial charge in [-0.2, -0.15) is 0 Å². The molecule has 0 N–H and O–H groups in total. The summed E-state index contributed by atoms with van der Waals surface area (Å²) in [4.78, 5) is 0. The van der Waals surface area contributed by atoms with Crippen LogP contribution in [0.25, 0.3) is 12.2 Å². The van der Waals surface area contributed by atoms with Gasteiger partial charge < -0.3 is 18.9 Å². The number of rotatable bonds is 16. The Morgan fingerprint density at radius 1 is 0.365 bits per heavy atom. The predicted molar refractivity (Wildman–Crippen MR) is 216 cm³/mol. The van der Waals surface area contributed by atoms with Crippen LogP contribution in [0.4, 0.5) is 0 Å². The highest BCUT2D eigenvalue weighted by Crippen LogP contribution is 2.35. The van der Waals surface area contributed by atoms with Crippen molar-refractivity contribution in [3.8, 4) is 0 Å². The molecule has 0 radical (unpaired) electrons. The summed E-state index contributed by atoms with van der Waals surface area (Å²) in [5.41, 5.74) is 22.3. The molecule has 6 rings (SSSR count). The highest BCUT2D eigenvalue weighted by atomic mass is 16.5. The zero-order valence-corrected chi connectivity index (χ0v) is 32.7. The van der Waals surface area contributed by atoms with Crippen molar-refractivity contribution in [2.24, 2.45) is 0 Å². The average Bonchev–Trinajstić information content (AvgIpc) is 3.11. The van der Waals surface area contributed by atoms with Crippen LogP contribution in [0, 0.1) is 13.8 Å². The Labute approximate surface area is 313 Å². The first-order valence-electron chi connectivity index (χ1n) is 19.9. The van der Waals surface area contributed by atoms with Crippen molar-refractivity contribution in [3.05, 3.63) is 138 Å². The van der Waals surface area contributed by atoms with Gasteiger partial charge in [0.25, 0.3) is 0 Å². The summed E-state index contributed by atoms with van der Waals surface area (Å²) in [6, 6.07) is 19.6. The van der Waals surface area contributed by atoms with E-state index in [1.807, 2.05) is 0 Å². The Morgan fingerprint density at radius 2 is 0.596 bits per heavy atom. The molecule has 0 saturated carbocycles. The zero-order valence-electron chi connectivity index (χ0n) is 32.7. The minimum Gasteiger partial charge on any atom is -0.381 e. The van der Waals surface area contributed by atoms with E-state index in [0.717, 1.165) is 104 Å². The number of fused-ring (bicyclic) bond motifs is 8. The molecule has 0 amide bonds. The van der Waals surface area contributed by atoms with Crippen molar-refractivity contribution >= 4 is 12.2 Å². The Bertz CT molecular complexity index is 1630. The molecule has 4 aromatic rings. The number of hydrogen-bond donors (Lipinski definition) is 0. The molecular weight excluding hydrogens is 641 g/mol. The molecule has 0 unspecified atom stereocenters. The monoisotopic (exact) mass is 700 g/mol. The number of benzene rings is 4. The van der Waals surface area contributed by atoms with Crippen molar-refractivity contribution < 1.29 is 18.9 Å². The normalized spacial score (nSPS) is 13.9. The van der Waals surface area contributed by atoms with Crippen LogP contribution in [-0.2, 0) is 70.3 Å². The molecule has 0 heterocycles. The van der Waals surface area contributed by atoms with E-state index in [1.54, 1.807) is 0 Å². The van der Waals surface area contributed by atoms with Crippen LogP contribution >= 0.6 is 0 Å². The lowest BCUT2D eigenvalue weighted by Gasteiger charge is -2.24. The first-order chi connectivity index (χ1) is 25.4. The number of hydrogen-bond acceptors (Lipinski definition) is 4. The van der Waals surface area contributed by atoms with Gasteiger partial charge in [0.05, 0.1) is 26.4 Å². The summed E-state index contributed by atoms with van der Waals surface area (Å²) in [6.07, 6.45) is 11.9. The predicted octanol–water partition coefficient (Wildman–Crippen LogP) is 9.78. The second-order valence-corrected chi connectivity index (χ2v) is 14.6. The van der Waals surface area contributed by atoms with Gasteiger partial charge in [0.1, 0.15) is 0 Å². The van der Waals surface area contributed by atoms with Crippen LogP contribution < -0.4 is 0 Å². The zero-order chi connectivity index (χ0) is 36.5. The van der Waals surface area contributed by atoms with E-state index in [-0.39, 0.29) is 0 Å². The maximum absolute atomic E-state index is 6.05. The molecule has 2 aliphatic rings. The maximum atomic E-state index is 6.05. The molecule has 4 nitrogen and oxygen atoms in total. The van der Waals surface area contributed by atoms with Gasteiger partial charge in [-0.05, 0) is 171 Å². The van der Waals surface area contributed by atoms with Crippen molar-refractivity contribution in [2.75, 3.05) is 52.9 Å². The van der Waals surface area contributed by atoms with Gasteiger partial charge in [0.15, 0.2) is 0 Å². The quantitative estimate of drug-likeness (QED) is 0.0943. The molecule has 0 aromatic heterocycles. The number of aryl methyl sites for hydroxylation is 2. The van der Waals surface area contributed by atoms with Crippen molar-refractivity contribution in [3.63, 3.8) is 0 Å². The van der Waals surface area contributed by atoms with E-state index < -0.39 is 0 Å². The topological polar surface area (TPSA) is 36.9 Å². The van der Waals surface area contributed by atoms with Gasteiger partial charge in [0.2, 0.25) is 0 Å². The van der Waals surface area contributed by atoms with Crippen molar-refractivity contribution in [2.45, 2.75) is 92.9 Å². The van der Waals surface area contributed by atoms with Gasteiger partial charge in [-0.15, -0.1) is 0 Å². The van der Waals surface area contributed by atoms with E-state index >= 15 is 0 Å². The fourth-order valence-electron chi connectivity index (χ4n) is 8.62. The third-order valence-electron chi connectivity index (χ3n) is 10.9. The number of ether oxygens (including phenoxy) is 4. The minimum atomic E-state index is 0.719. The van der Waals surface area contributed by atoms with Crippen LogP contribution in [0.1, 0.15) is 117 Å². The fourth-order valence-corrected chi connectivity index (χ4v) is 8.62. The van der Waals surface area contributed by atoms with Crippen LogP contribution in [0.3, 0.4) is 0 Å². The molecule has 0 fully saturated rings. The molecule has 276 valence electrons. The van der Waals surface area contributed by atoms with Crippen molar-refractivity contribution in [1.82, 2.24) is 0 Å². The molecule has 4 aromatic carbocycles. The minimum absolute atomic E-state index is 0.719. The van der Waals surface area contributed by atoms with Gasteiger partial charge in [-0.25, -0.2) is 0 Å². The third-order valence-corrected chi connectivity index (χ3v) is 10.9. The first-order valence-corrected chi connectivity index (χ1v) is 19.9. The van der Waals surface area contributed by atoms with Gasteiger partial charge in [0, 0.05) is 26.4 Å². The van der Waals surface area contributed by atoms with Gasteiger partial charge in [-0.3, -0.25) is 0 Å². The smallest absolute Gasteiger partial charge is 0.0506 e. The first kappa shape index (κ1) is 38.2. The highest BCUT2D eigenvalue weighted by Gasteiger charge is 2.22. The highest BCUT2D eigenvalue weighted by molar-refractivity contribution is 5.73. The summed E-state index contributed by atoms with van der Waals surface area (Å²) >= 11 is 0. The molecule has 0 spiro atoms. The second-order valence-electron chi connectivity index (χ2n) is 14.6. The van der Waals surface area contributed by atoms with Crippen LogP contribution in [-0.4, -0.2) is 52.9 Å². The van der Waals surface area contributed by atoms with E-state index in [2.05, 4.69) is 102 Å². The van der Waals surface area contributed by atoms with Gasteiger partial charge >= 0.3 is 0 Å². The summed E-state index contributed by atoms with van der Waals surface area (Å²) in [6.45, 7) is 18.7. The molecule has 4 heteroatoms. The molecule has 0 atom stereocenters. The van der Waals surface area contributed by atoms with Crippen LogP contribution in [0.15, 0.2) is 48.5 Å². The standard InChI is InChI=1S/C48H60O4/c1-7-49-17-13-45-37-21-33(5)22-38(45)30-42-26-36-12-11-35-25-41(29-37)47(15-19-51-9-3)43(27-35)31-39-23-34(6)24-40(46(39)14-18-50-8-2)32-44(28-36)48(42)16-20-52-10-4/h11-12,21-28H,7-10,13-20,29-32H2,1-6H3/b12-11-. The Kier molecular flexibility index (Phi) is 13.6. The molecule has 0 saturated heterocycles. The lowest BCUT2D eigenvalue weighted by Crippen LogP contribution is -2.14. The average molecular weight is 701 g/mol. The van der Waals surface area contributed by atoms with Crippen molar-refractivity contribution in [1.29, 1.82) is 0 Å². The van der Waals surface area contributed by atoms with Crippen LogP contribution in [0.2, 0.25) is 0 Å². The fraction of sp³-hybridized carbons (Fsp3) is 0.458. The second kappa shape index (κ2) is 18.5. The van der Waals surface area contributed by atoms with Crippen LogP contribution in [0.5, 0.6) is 0 Å². The third kappa shape index (κ3) is 9.33. The molecule has 10 bridgehead atoms. The van der Waals surface area contributed by atoms with E-state index in [9.17, 15) is 0 Å². The summed E-state index contributed by atoms with van der Waals surface area (Å²) < 4.78 is 24.2. The van der Waals surface area contributed by atoms with E-state index in [1.165, 1.54) is 89.0 Å². The lowest BCUT2D eigenvalue weighted by atomic mass is 9.82. The maximum Gasteiger partial charge on any atom is 0.0506 e. The Morgan fingerprint density at radius 3 is 0.827 bits per heavy atom. The molecule has 2 aliphatic carbocycles. The summed E-state index contributed by atoms with van der Waals surface area (Å²) in [7, 11) is 0. The summed E-state index contributed by atoms with van der Waals surface area (Å²) in [5, 5.41) is 0. The summed E-state index contributed by atoms with van der Waals surface area (Å²) in [5.74, 6) is 0. The Hall–Kier alpha value is -3.54.